The third kappa shape index (κ3) is 4.70. The van der Waals surface area contributed by atoms with Gasteiger partial charge in [0, 0.05) is 24.7 Å². The molecule has 1 aromatic carbocycles. The van der Waals surface area contributed by atoms with E-state index in [2.05, 4.69) is 15.5 Å². The molecule has 0 unspecified atom stereocenters. The van der Waals surface area contributed by atoms with Gasteiger partial charge in [-0.25, -0.2) is 0 Å². The standard InChI is InChI=1S/C19H20ClN5O4/c1-24-9-15(8-21-24)25-19(28)16(18(27)22-14(10-26)11-29-2)7-17(23-25)12-3-5-13(20)6-4-12/h3-9,14,26H,10-11H2,1-2H3,(H,22,27)/t14-/m0/s1. The number of aryl methyl sites for hydroxylation is 1. The van der Waals surface area contributed by atoms with Crippen molar-refractivity contribution >= 4 is 17.5 Å². The van der Waals surface area contributed by atoms with Crippen molar-refractivity contribution in [3.8, 4) is 16.9 Å². The smallest absolute Gasteiger partial charge is 0.284 e. The summed E-state index contributed by atoms with van der Waals surface area (Å²) >= 11 is 5.95. The van der Waals surface area contributed by atoms with Gasteiger partial charge in [0.25, 0.3) is 11.5 Å². The summed E-state index contributed by atoms with van der Waals surface area (Å²) in [6.07, 6.45) is 3.09. The van der Waals surface area contributed by atoms with Crippen LogP contribution in [-0.2, 0) is 11.8 Å². The van der Waals surface area contributed by atoms with Gasteiger partial charge in [0.1, 0.15) is 11.3 Å². The van der Waals surface area contributed by atoms with Crippen LogP contribution in [0, 0.1) is 0 Å². The molecule has 3 rings (SSSR count). The van der Waals surface area contributed by atoms with Gasteiger partial charge in [-0.2, -0.15) is 14.9 Å². The molecule has 1 atom stereocenters. The number of carbonyl (C=O) groups is 1. The van der Waals surface area contributed by atoms with Crippen LogP contribution in [0.1, 0.15) is 10.4 Å². The second-order valence-corrected chi connectivity index (χ2v) is 6.78. The molecule has 0 saturated carbocycles. The van der Waals surface area contributed by atoms with Crippen molar-refractivity contribution in [3.05, 3.63) is 63.7 Å². The van der Waals surface area contributed by atoms with Gasteiger partial charge in [0.05, 0.1) is 37.3 Å². The molecule has 0 radical (unpaired) electrons. The molecule has 2 N–H and O–H groups in total. The number of rotatable bonds is 7. The summed E-state index contributed by atoms with van der Waals surface area (Å²) in [5, 5.41) is 21.0. The summed E-state index contributed by atoms with van der Waals surface area (Å²) in [6.45, 7) is -0.223. The molecule has 0 spiro atoms. The zero-order valence-electron chi connectivity index (χ0n) is 15.9. The van der Waals surface area contributed by atoms with E-state index in [1.807, 2.05) is 0 Å². The number of carbonyl (C=O) groups excluding carboxylic acids is 1. The van der Waals surface area contributed by atoms with Crippen LogP contribution in [0.4, 0.5) is 0 Å². The van der Waals surface area contributed by atoms with E-state index >= 15 is 0 Å². The van der Waals surface area contributed by atoms with Crippen molar-refractivity contribution in [2.24, 2.45) is 7.05 Å². The Balaban J connectivity index is 2.11. The molecule has 29 heavy (non-hydrogen) atoms. The Kier molecular flexibility index (Phi) is 6.42. The molecular weight excluding hydrogens is 398 g/mol. The Hall–Kier alpha value is -3.01. The predicted octanol–water partition coefficient (Wildman–Crippen LogP) is 1.02. The zero-order valence-corrected chi connectivity index (χ0v) is 16.6. The van der Waals surface area contributed by atoms with E-state index in [-0.39, 0.29) is 18.8 Å². The molecule has 0 aliphatic heterocycles. The molecule has 0 aliphatic carbocycles. The second kappa shape index (κ2) is 8.99. The third-order valence-electron chi connectivity index (χ3n) is 4.16. The number of aliphatic hydroxyl groups excluding tert-OH is 1. The number of methoxy groups -OCH3 is 1. The number of halogens is 1. The molecule has 2 heterocycles. The van der Waals surface area contributed by atoms with Gasteiger partial charge in [-0.05, 0) is 18.2 Å². The Labute approximate surface area is 171 Å². The maximum absolute atomic E-state index is 13.0. The van der Waals surface area contributed by atoms with Crippen molar-refractivity contribution in [2.75, 3.05) is 20.3 Å². The molecule has 0 bridgehead atoms. The lowest BCUT2D eigenvalue weighted by molar-refractivity contribution is 0.0837. The highest BCUT2D eigenvalue weighted by Crippen LogP contribution is 2.20. The van der Waals surface area contributed by atoms with Crippen molar-refractivity contribution in [3.63, 3.8) is 0 Å². The number of ether oxygens (including phenoxy) is 1. The number of nitrogens with one attached hydrogen (secondary N) is 1. The van der Waals surface area contributed by atoms with Crippen LogP contribution in [0.5, 0.6) is 0 Å². The lowest BCUT2D eigenvalue weighted by atomic mass is 10.1. The quantitative estimate of drug-likeness (QED) is 0.593. The topological polar surface area (TPSA) is 111 Å². The summed E-state index contributed by atoms with van der Waals surface area (Å²) in [6, 6.07) is 7.63. The third-order valence-corrected chi connectivity index (χ3v) is 4.41. The molecule has 10 heteroatoms. The number of aromatic nitrogens is 4. The van der Waals surface area contributed by atoms with Gasteiger partial charge < -0.3 is 15.2 Å². The van der Waals surface area contributed by atoms with Gasteiger partial charge in [-0.3, -0.25) is 14.3 Å². The van der Waals surface area contributed by atoms with Gasteiger partial charge in [0.2, 0.25) is 0 Å². The molecule has 152 valence electrons. The van der Waals surface area contributed by atoms with Crippen molar-refractivity contribution in [1.82, 2.24) is 24.9 Å². The normalized spacial score (nSPS) is 12.0. The summed E-state index contributed by atoms with van der Waals surface area (Å²) in [5.41, 5.74) is 0.767. The molecule has 1 amide bonds. The minimum Gasteiger partial charge on any atom is -0.394 e. The Morgan fingerprint density at radius 2 is 2.07 bits per heavy atom. The first-order valence-electron chi connectivity index (χ1n) is 8.73. The van der Waals surface area contributed by atoms with E-state index in [1.165, 1.54) is 24.1 Å². The number of nitrogens with zero attached hydrogens (tertiary/aromatic N) is 4. The first-order valence-corrected chi connectivity index (χ1v) is 9.10. The summed E-state index contributed by atoms with van der Waals surface area (Å²) in [5.74, 6) is -0.638. The predicted molar refractivity (Wildman–Crippen MR) is 107 cm³/mol. The van der Waals surface area contributed by atoms with Crippen LogP contribution in [0.25, 0.3) is 16.9 Å². The molecule has 0 saturated heterocycles. The fourth-order valence-corrected chi connectivity index (χ4v) is 2.84. The zero-order chi connectivity index (χ0) is 21.0. The molecular formula is C19H20ClN5O4. The first-order chi connectivity index (χ1) is 13.9. The highest BCUT2D eigenvalue weighted by molar-refractivity contribution is 6.30. The highest BCUT2D eigenvalue weighted by atomic mass is 35.5. The van der Waals surface area contributed by atoms with Gasteiger partial charge >= 0.3 is 0 Å². The number of benzene rings is 1. The molecule has 9 nitrogen and oxygen atoms in total. The van der Waals surface area contributed by atoms with Crippen LogP contribution in [0.15, 0.2) is 47.5 Å². The van der Waals surface area contributed by atoms with Crippen molar-refractivity contribution < 1.29 is 14.6 Å². The average molecular weight is 418 g/mol. The van der Waals surface area contributed by atoms with E-state index in [9.17, 15) is 14.7 Å². The number of amides is 1. The monoisotopic (exact) mass is 417 g/mol. The summed E-state index contributed by atoms with van der Waals surface area (Å²) < 4.78 is 7.62. The Bertz CT molecular complexity index is 1060. The van der Waals surface area contributed by atoms with E-state index in [4.69, 9.17) is 16.3 Å². The maximum atomic E-state index is 13.0. The van der Waals surface area contributed by atoms with Crippen LogP contribution < -0.4 is 10.9 Å². The number of hydrogen-bond donors (Lipinski definition) is 2. The number of aliphatic hydroxyl groups is 1. The lowest BCUT2D eigenvalue weighted by Gasteiger charge is -2.16. The molecule has 2 aromatic heterocycles. The Morgan fingerprint density at radius 3 is 2.66 bits per heavy atom. The van der Waals surface area contributed by atoms with Gasteiger partial charge in [-0.1, -0.05) is 23.7 Å². The molecule has 0 fully saturated rings. The highest BCUT2D eigenvalue weighted by Gasteiger charge is 2.20. The second-order valence-electron chi connectivity index (χ2n) is 6.35. The SMILES string of the molecule is COC[C@H](CO)NC(=O)c1cc(-c2ccc(Cl)cc2)nn(-c2cnn(C)c2)c1=O. The minimum atomic E-state index is -0.647. The average Bonchev–Trinajstić information content (AvgIpc) is 3.14. The fraction of sp³-hybridized carbons (Fsp3) is 0.263. The van der Waals surface area contributed by atoms with E-state index < -0.39 is 17.5 Å². The first kappa shape index (κ1) is 20.7. The van der Waals surface area contributed by atoms with Gasteiger partial charge in [0.15, 0.2) is 0 Å². The summed E-state index contributed by atoms with van der Waals surface area (Å²) in [7, 11) is 3.16. The van der Waals surface area contributed by atoms with E-state index in [1.54, 1.807) is 37.5 Å². The van der Waals surface area contributed by atoms with Crippen LogP contribution in [0.2, 0.25) is 5.02 Å². The van der Waals surface area contributed by atoms with Crippen LogP contribution in [-0.4, -0.2) is 56.9 Å². The largest absolute Gasteiger partial charge is 0.394 e. The van der Waals surface area contributed by atoms with Crippen LogP contribution in [0.3, 0.4) is 0 Å². The number of hydrogen-bond acceptors (Lipinski definition) is 6. The van der Waals surface area contributed by atoms with E-state index in [0.29, 0.717) is 22.0 Å². The molecule has 3 aromatic rings. The fourth-order valence-electron chi connectivity index (χ4n) is 2.72. The minimum absolute atomic E-state index is 0.105. The molecule has 0 aliphatic rings. The van der Waals surface area contributed by atoms with E-state index in [0.717, 1.165) is 4.68 Å². The Morgan fingerprint density at radius 1 is 1.34 bits per heavy atom. The van der Waals surface area contributed by atoms with Crippen molar-refractivity contribution in [2.45, 2.75) is 6.04 Å². The van der Waals surface area contributed by atoms with Gasteiger partial charge in [-0.15, -0.1) is 0 Å². The lowest BCUT2D eigenvalue weighted by Crippen LogP contribution is -2.43. The maximum Gasteiger partial charge on any atom is 0.284 e. The van der Waals surface area contributed by atoms with Crippen LogP contribution >= 0.6 is 11.6 Å². The summed E-state index contributed by atoms with van der Waals surface area (Å²) in [4.78, 5) is 25.7. The van der Waals surface area contributed by atoms with Crippen molar-refractivity contribution in [1.29, 1.82) is 0 Å².